The van der Waals surface area contributed by atoms with Gasteiger partial charge in [-0.2, -0.15) is 0 Å². The van der Waals surface area contributed by atoms with E-state index in [1.54, 1.807) is 0 Å². The SMILES string of the molecule is COC(=O)c1c(O)c(Br)cc2c1CCCC2. The van der Waals surface area contributed by atoms with Crippen molar-refractivity contribution >= 4 is 21.9 Å². The zero-order chi connectivity index (χ0) is 11.7. The molecular formula is C12H13BrO3. The van der Waals surface area contributed by atoms with Crippen LogP contribution in [-0.2, 0) is 17.6 Å². The summed E-state index contributed by atoms with van der Waals surface area (Å²) in [5.41, 5.74) is 2.40. The van der Waals surface area contributed by atoms with Gasteiger partial charge in [0.05, 0.1) is 11.6 Å². The molecule has 86 valence electrons. The highest BCUT2D eigenvalue weighted by Gasteiger charge is 2.24. The molecule has 0 bridgehead atoms. The molecule has 1 aliphatic carbocycles. The van der Waals surface area contributed by atoms with Gasteiger partial charge in [-0.05, 0) is 58.8 Å². The number of phenolic OH excluding ortho intramolecular Hbond substituents is 1. The van der Waals surface area contributed by atoms with Gasteiger partial charge in [-0.25, -0.2) is 4.79 Å². The summed E-state index contributed by atoms with van der Waals surface area (Å²) in [7, 11) is 1.33. The average Bonchev–Trinajstić information content (AvgIpc) is 2.30. The molecule has 0 fully saturated rings. The summed E-state index contributed by atoms with van der Waals surface area (Å²) in [5.74, 6) is -0.468. The van der Waals surface area contributed by atoms with E-state index in [0.717, 1.165) is 36.8 Å². The maximum absolute atomic E-state index is 11.7. The van der Waals surface area contributed by atoms with Gasteiger partial charge in [-0.1, -0.05) is 0 Å². The zero-order valence-corrected chi connectivity index (χ0v) is 10.6. The van der Waals surface area contributed by atoms with Gasteiger partial charge in [-0.3, -0.25) is 0 Å². The van der Waals surface area contributed by atoms with Gasteiger partial charge in [0, 0.05) is 0 Å². The van der Waals surface area contributed by atoms with E-state index in [1.807, 2.05) is 6.07 Å². The van der Waals surface area contributed by atoms with E-state index in [2.05, 4.69) is 15.9 Å². The molecule has 0 atom stereocenters. The first kappa shape index (κ1) is 11.5. The molecule has 0 amide bonds. The molecule has 0 unspecified atom stereocenters. The number of hydrogen-bond donors (Lipinski definition) is 1. The molecule has 1 aromatic rings. The molecule has 0 aromatic heterocycles. The van der Waals surface area contributed by atoms with Gasteiger partial charge >= 0.3 is 5.97 Å². The number of halogens is 1. The average molecular weight is 285 g/mol. The van der Waals surface area contributed by atoms with Crippen molar-refractivity contribution in [3.8, 4) is 5.75 Å². The van der Waals surface area contributed by atoms with Gasteiger partial charge in [0.1, 0.15) is 11.3 Å². The molecule has 0 heterocycles. The van der Waals surface area contributed by atoms with Crippen LogP contribution >= 0.6 is 15.9 Å². The quantitative estimate of drug-likeness (QED) is 0.807. The summed E-state index contributed by atoms with van der Waals surface area (Å²) >= 11 is 3.26. The van der Waals surface area contributed by atoms with E-state index in [9.17, 15) is 9.90 Å². The molecule has 2 rings (SSSR count). The first-order valence-electron chi connectivity index (χ1n) is 5.26. The normalized spacial score (nSPS) is 14.4. The van der Waals surface area contributed by atoms with Crippen LogP contribution in [0, 0.1) is 0 Å². The second-order valence-electron chi connectivity index (χ2n) is 3.92. The monoisotopic (exact) mass is 284 g/mol. The summed E-state index contributed by atoms with van der Waals surface area (Å²) in [6, 6.07) is 1.90. The minimum absolute atomic E-state index is 0.00694. The topological polar surface area (TPSA) is 46.5 Å². The Balaban J connectivity index is 2.63. The van der Waals surface area contributed by atoms with E-state index in [4.69, 9.17) is 4.74 Å². The fraction of sp³-hybridized carbons (Fsp3) is 0.417. The Morgan fingerprint density at radius 2 is 2.12 bits per heavy atom. The van der Waals surface area contributed by atoms with Gasteiger partial charge in [0.2, 0.25) is 0 Å². The fourth-order valence-electron chi connectivity index (χ4n) is 2.18. The Labute approximate surface area is 103 Å². The lowest BCUT2D eigenvalue weighted by Crippen LogP contribution is -2.12. The molecule has 3 nitrogen and oxygen atoms in total. The predicted molar refractivity (Wildman–Crippen MR) is 63.8 cm³/mol. The van der Waals surface area contributed by atoms with Crippen molar-refractivity contribution in [3.05, 3.63) is 27.2 Å². The summed E-state index contributed by atoms with van der Waals surface area (Å²) in [6.45, 7) is 0. The lowest BCUT2D eigenvalue weighted by Gasteiger charge is -2.20. The Morgan fingerprint density at radius 1 is 1.44 bits per heavy atom. The van der Waals surface area contributed by atoms with Crippen LogP contribution in [0.15, 0.2) is 10.5 Å². The van der Waals surface area contributed by atoms with Gasteiger partial charge in [-0.15, -0.1) is 0 Å². The van der Waals surface area contributed by atoms with Crippen LogP contribution in [0.5, 0.6) is 5.75 Å². The number of phenols is 1. The molecule has 4 heteroatoms. The number of methoxy groups -OCH3 is 1. The van der Waals surface area contributed by atoms with Crippen LogP contribution in [0.4, 0.5) is 0 Å². The smallest absolute Gasteiger partial charge is 0.341 e. The third kappa shape index (κ3) is 1.82. The highest BCUT2D eigenvalue weighted by molar-refractivity contribution is 9.10. The Morgan fingerprint density at radius 3 is 2.81 bits per heavy atom. The second kappa shape index (κ2) is 4.45. The molecule has 16 heavy (non-hydrogen) atoms. The number of carbonyl (C=O) groups excluding carboxylic acids is 1. The van der Waals surface area contributed by atoms with Crippen LogP contribution in [0.3, 0.4) is 0 Å². The maximum atomic E-state index is 11.7. The number of fused-ring (bicyclic) bond motifs is 1. The molecule has 0 saturated carbocycles. The maximum Gasteiger partial charge on any atom is 0.341 e. The van der Waals surface area contributed by atoms with Crippen LogP contribution in [-0.4, -0.2) is 18.2 Å². The lowest BCUT2D eigenvalue weighted by atomic mass is 9.88. The summed E-state index contributed by atoms with van der Waals surface area (Å²) in [5, 5.41) is 9.91. The van der Waals surface area contributed by atoms with Crippen LogP contribution < -0.4 is 0 Å². The molecule has 1 N–H and O–H groups in total. The fourth-order valence-corrected chi connectivity index (χ4v) is 2.65. The van der Waals surface area contributed by atoms with Crippen molar-refractivity contribution in [1.82, 2.24) is 0 Å². The van der Waals surface area contributed by atoms with Crippen LogP contribution in [0.1, 0.15) is 34.3 Å². The van der Waals surface area contributed by atoms with Crippen LogP contribution in [0.2, 0.25) is 0 Å². The molecule has 0 spiro atoms. The first-order valence-corrected chi connectivity index (χ1v) is 6.06. The number of esters is 1. The van der Waals surface area contributed by atoms with E-state index < -0.39 is 5.97 Å². The van der Waals surface area contributed by atoms with E-state index in [1.165, 1.54) is 7.11 Å². The Kier molecular flexibility index (Phi) is 3.19. The highest BCUT2D eigenvalue weighted by Crippen LogP contribution is 2.36. The minimum atomic E-state index is -0.461. The van der Waals surface area contributed by atoms with E-state index in [-0.39, 0.29) is 5.75 Å². The molecule has 1 aliphatic rings. The largest absolute Gasteiger partial charge is 0.506 e. The summed E-state index contributed by atoms with van der Waals surface area (Å²) in [4.78, 5) is 11.7. The third-order valence-corrected chi connectivity index (χ3v) is 3.57. The highest BCUT2D eigenvalue weighted by atomic mass is 79.9. The van der Waals surface area contributed by atoms with Crippen molar-refractivity contribution in [2.45, 2.75) is 25.7 Å². The number of rotatable bonds is 1. The molecule has 0 aliphatic heterocycles. The molecule has 1 aromatic carbocycles. The Hall–Kier alpha value is -1.03. The number of benzene rings is 1. The third-order valence-electron chi connectivity index (χ3n) is 2.97. The van der Waals surface area contributed by atoms with E-state index in [0.29, 0.717) is 10.0 Å². The number of aryl methyl sites for hydroxylation is 1. The molecule has 0 radical (unpaired) electrons. The van der Waals surface area contributed by atoms with Crippen molar-refractivity contribution in [2.75, 3.05) is 7.11 Å². The van der Waals surface area contributed by atoms with E-state index >= 15 is 0 Å². The summed E-state index contributed by atoms with van der Waals surface area (Å²) < 4.78 is 5.28. The van der Waals surface area contributed by atoms with Crippen molar-refractivity contribution in [1.29, 1.82) is 0 Å². The first-order chi connectivity index (χ1) is 7.65. The Bertz CT molecular complexity index is 440. The summed E-state index contributed by atoms with van der Waals surface area (Å²) in [6.07, 6.45) is 3.97. The number of ether oxygens (including phenoxy) is 1. The minimum Gasteiger partial charge on any atom is -0.506 e. The van der Waals surface area contributed by atoms with Crippen LogP contribution in [0.25, 0.3) is 0 Å². The number of carbonyl (C=O) groups is 1. The lowest BCUT2D eigenvalue weighted by molar-refractivity contribution is 0.0595. The van der Waals surface area contributed by atoms with Gasteiger partial charge in [0.15, 0.2) is 0 Å². The van der Waals surface area contributed by atoms with Crippen molar-refractivity contribution in [2.24, 2.45) is 0 Å². The predicted octanol–water partition coefficient (Wildman–Crippen LogP) is 2.82. The number of aromatic hydroxyl groups is 1. The van der Waals surface area contributed by atoms with Crippen molar-refractivity contribution in [3.63, 3.8) is 0 Å². The van der Waals surface area contributed by atoms with Crippen molar-refractivity contribution < 1.29 is 14.6 Å². The second-order valence-corrected chi connectivity index (χ2v) is 4.77. The van der Waals surface area contributed by atoms with Gasteiger partial charge in [0.25, 0.3) is 0 Å². The molecular weight excluding hydrogens is 272 g/mol. The number of hydrogen-bond acceptors (Lipinski definition) is 3. The standard InChI is InChI=1S/C12H13BrO3/c1-16-12(15)10-8-5-3-2-4-7(8)6-9(13)11(10)14/h6,14H,2-5H2,1H3. The molecule has 0 saturated heterocycles. The zero-order valence-electron chi connectivity index (χ0n) is 9.05. The van der Waals surface area contributed by atoms with Gasteiger partial charge < -0.3 is 9.84 Å².